The highest BCUT2D eigenvalue weighted by molar-refractivity contribution is 5.39. The van der Waals surface area contributed by atoms with Gasteiger partial charge in [-0.1, -0.05) is 38.2 Å². The molecule has 2 radical (unpaired) electrons. The standard InChI is InChI=1S/C26H36F2O/c1-2-29-24-17-16-23(25(27)26(24)28)22-14-12-21(13-15-22)20-10-8-19(9-11-20)7-6-18-4-3-5-18/h16-19,21H,2-15H2,1H3. The first-order chi connectivity index (χ1) is 14.2. The lowest BCUT2D eigenvalue weighted by Gasteiger charge is -2.38. The molecule has 0 spiro atoms. The molecule has 1 aromatic carbocycles. The van der Waals surface area contributed by atoms with Crippen LogP contribution in [0.3, 0.4) is 0 Å². The molecule has 29 heavy (non-hydrogen) atoms. The number of hydrogen-bond donors (Lipinski definition) is 0. The largest absolute Gasteiger partial charge is 0.491 e. The van der Waals surface area contributed by atoms with Crippen LogP contribution in [0, 0.1) is 41.2 Å². The SMILES string of the molecule is CCOc1ccc([C]2CCC([C]3CCC(CCC4CCC4)CC3)CC2)c(F)c1F. The van der Waals surface area contributed by atoms with Crippen molar-refractivity contribution in [1.82, 2.24) is 0 Å². The van der Waals surface area contributed by atoms with Gasteiger partial charge in [0.15, 0.2) is 11.6 Å². The molecule has 3 heteroatoms. The van der Waals surface area contributed by atoms with Gasteiger partial charge in [0.05, 0.1) is 6.61 Å². The maximum absolute atomic E-state index is 14.5. The van der Waals surface area contributed by atoms with E-state index >= 15 is 0 Å². The molecule has 0 aromatic heterocycles. The summed E-state index contributed by atoms with van der Waals surface area (Å²) in [7, 11) is 0. The summed E-state index contributed by atoms with van der Waals surface area (Å²) >= 11 is 0. The second-order valence-corrected chi connectivity index (χ2v) is 9.53. The van der Waals surface area contributed by atoms with Gasteiger partial charge >= 0.3 is 0 Å². The Morgan fingerprint density at radius 2 is 1.48 bits per heavy atom. The predicted octanol–water partition coefficient (Wildman–Crippen LogP) is 7.82. The second kappa shape index (κ2) is 9.79. The molecule has 0 heterocycles. The molecule has 3 aliphatic rings. The number of halogens is 2. The third-order valence-electron chi connectivity index (χ3n) is 7.85. The highest BCUT2D eigenvalue weighted by Crippen LogP contribution is 2.46. The Labute approximate surface area is 175 Å². The first-order valence-corrected chi connectivity index (χ1v) is 12.0. The van der Waals surface area contributed by atoms with E-state index in [2.05, 4.69) is 0 Å². The maximum Gasteiger partial charge on any atom is 0.200 e. The predicted molar refractivity (Wildman–Crippen MR) is 114 cm³/mol. The molecule has 0 atom stereocenters. The number of hydrogen-bond acceptors (Lipinski definition) is 1. The summed E-state index contributed by atoms with van der Waals surface area (Å²) in [6, 6.07) is 3.29. The van der Waals surface area contributed by atoms with E-state index in [4.69, 9.17) is 4.74 Å². The van der Waals surface area contributed by atoms with E-state index in [1.807, 2.05) is 0 Å². The van der Waals surface area contributed by atoms with Crippen molar-refractivity contribution in [1.29, 1.82) is 0 Å². The summed E-state index contributed by atoms with van der Waals surface area (Å²) < 4.78 is 33.9. The Morgan fingerprint density at radius 1 is 0.828 bits per heavy atom. The average molecular weight is 403 g/mol. The quantitative estimate of drug-likeness (QED) is 0.452. The minimum absolute atomic E-state index is 0.0210. The third-order valence-corrected chi connectivity index (χ3v) is 7.85. The number of benzene rings is 1. The van der Waals surface area contributed by atoms with Crippen molar-refractivity contribution in [3.05, 3.63) is 41.2 Å². The topological polar surface area (TPSA) is 9.23 Å². The highest BCUT2D eigenvalue weighted by atomic mass is 19.2. The van der Waals surface area contributed by atoms with Crippen LogP contribution in [0.1, 0.15) is 96.0 Å². The second-order valence-electron chi connectivity index (χ2n) is 9.53. The van der Waals surface area contributed by atoms with E-state index in [1.165, 1.54) is 57.8 Å². The summed E-state index contributed by atoms with van der Waals surface area (Å²) in [6.45, 7) is 2.12. The van der Waals surface area contributed by atoms with Gasteiger partial charge in [0.1, 0.15) is 0 Å². The fraction of sp³-hybridized carbons (Fsp3) is 0.692. The van der Waals surface area contributed by atoms with E-state index < -0.39 is 11.6 Å². The molecule has 3 saturated carbocycles. The van der Waals surface area contributed by atoms with Crippen molar-refractivity contribution in [2.75, 3.05) is 6.61 Å². The van der Waals surface area contributed by atoms with Gasteiger partial charge in [0, 0.05) is 5.92 Å². The molecule has 3 aliphatic carbocycles. The number of rotatable bonds is 7. The van der Waals surface area contributed by atoms with Gasteiger partial charge in [-0.25, -0.2) is 4.39 Å². The molecular weight excluding hydrogens is 366 g/mol. The van der Waals surface area contributed by atoms with Crippen molar-refractivity contribution >= 4 is 0 Å². The Morgan fingerprint density at radius 3 is 2.07 bits per heavy atom. The Bertz CT molecular complexity index is 653. The van der Waals surface area contributed by atoms with Crippen LogP contribution in [0.4, 0.5) is 8.78 Å². The van der Waals surface area contributed by atoms with Gasteiger partial charge in [-0.3, -0.25) is 0 Å². The lowest BCUT2D eigenvalue weighted by Crippen LogP contribution is -2.25. The molecule has 1 aromatic rings. The van der Waals surface area contributed by atoms with E-state index in [-0.39, 0.29) is 5.75 Å². The molecular formula is C26H36F2O. The van der Waals surface area contributed by atoms with E-state index in [1.54, 1.807) is 25.0 Å². The van der Waals surface area contributed by atoms with Crippen molar-refractivity contribution in [3.8, 4) is 5.75 Å². The monoisotopic (exact) mass is 402 g/mol. The van der Waals surface area contributed by atoms with Crippen LogP contribution in [0.2, 0.25) is 0 Å². The molecule has 0 N–H and O–H groups in total. The lowest BCUT2D eigenvalue weighted by atomic mass is 9.67. The zero-order valence-corrected chi connectivity index (χ0v) is 18.0. The van der Waals surface area contributed by atoms with Crippen LogP contribution in [0.15, 0.2) is 12.1 Å². The molecule has 0 unspecified atom stereocenters. The van der Waals surface area contributed by atoms with Crippen LogP contribution >= 0.6 is 0 Å². The molecule has 0 aliphatic heterocycles. The van der Waals surface area contributed by atoms with Crippen LogP contribution < -0.4 is 4.74 Å². The normalized spacial score (nSPS) is 23.3. The van der Waals surface area contributed by atoms with Gasteiger partial charge < -0.3 is 4.74 Å². The van der Waals surface area contributed by atoms with E-state index in [0.29, 0.717) is 18.1 Å². The van der Waals surface area contributed by atoms with Crippen molar-refractivity contribution in [2.24, 2.45) is 17.8 Å². The van der Waals surface area contributed by atoms with Crippen molar-refractivity contribution in [2.45, 2.75) is 90.4 Å². The fourth-order valence-corrected chi connectivity index (χ4v) is 5.71. The Hall–Kier alpha value is -1.12. The third kappa shape index (κ3) is 4.97. The lowest BCUT2D eigenvalue weighted by molar-refractivity contribution is 0.237. The Balaban J connectivity index is 1.24. The average Bonchev–Trinajstić information content (AvgIpc) is 2.71. The first-order valence-electron chi connectivity index (χ1n) is 12.0. The minimum atomic E-state index is -0.839. The van der Waals surface area contributed by atoms with Crippen molar-refractivity contribution < 1.29 is 13.5 Å². The zero-order chi connectivity index (χ0) is 20.2. The smallest absolute Gasteiger partial charge is 0.200 e. The van der Waals surface area contributed by atoms with Crippen molar-refractivity contribution in [3.63, 3.8) is 0 Å². The maximum atomic E-state index is 14.5. The van der Waals surface area contributed by atoms with Crippen LogP contribution in [-0.4, -0.2) is 6.61 Å². The van der Waals surface area contributed by atoms with Crippen LogP contribution in [0.5, 0.6) is 5.75 Å². The van der Waals surface area contributed by atoms with Gasteiger partial charge in [-0.2, -0.15) is 4.39 Å². The highest BCUT2D eigenvalue weighted by Gasteiger charge is 2.33. The molecule has 4 rings (SSSR count). The van der Waals surface area contributed by atoms with E-state index in [0.717, 1.165) is 43.4 Å². The number of ether oxygens (including phenoxy) is 1. The van der Waals surface area contributed by atoms with Crippen LogP contribution in [0.25, 0.3) is 0 Å². The molecule has 1 nitrogen and oxygen atoms in total. The van der Waals surface area contributed by atoms with Crippen LogP contribution in [-0.2, 0) is 0 Å². The first kappa shape index (κ1) is 21.1. The molecule has 0 amide bonds. The van der Waals surface area contributed by atoms with E-state index in [9.17, 15) is 8.78 Å². The summed E-state index contributed by atoms with van der Waals surface area (Å²) in [6.07, 6.45) is 16.7. The summed E-state index contributed by atoms with van der Waals surface area (Å²) in [5.41, 5.74) is 0.467. The minimum Gasteiger partial charge on any atom is -0.491 e. The summed E-state index contributed by atoms with van der Waals surface area (Å²) in [5, 5.41) is 0. The van der Waals surface area contributed by atoms with Gasteiger partial charge in [-0.05, 0) is 93.6 Å². The molecule has 0 saturated heterocycles. The zero-order valence-electron chi connectivity index (χ0n) is 18.0. The summed E-state index contributed by atoms with van der Waals surface area (Å²) in [4.78, 5) is 0. The molecule has 3 fully saturated rings. The molecule has 160 valence electrons. The molecule has 0 bridgehead atoms. The summed E-state index contributed by atoms with van der Waals surface area (Å²) in [5.74, 6) is 3.98. The Kier molecular flexibility index (Phi) is 7.13. The van der Waals surface area contributed by atoms with Gasteiger partial charge in [-0.15, -0.1) is 0 Å². The van der Waals surface area contributed by atoms with Gasteiger partial charge in [0.25, 0.3) is 0 Å². The fourth-order valence-electron chi connectivity index (χ4n) is 5.71. The van der Waals surface area contributed by atoms with Gasteiger partial charge in [0.2, 0.25) is 5.82 Å².